The largest absolute Gasteiger partial charge is 0.459 e. The van der Waals surface area contributed by atoms with E-state index in [0.29, 0.717) is 12.0 Å². The molecule has 1 fully saturated rings. The molecule has 1 aromatic heterocycles. The van der Waals surface area contributed by atoms with E-state index < -0.39 is 0 Å². The molecule has 1 saturated carbocycles. The zero-order chi connectivity index (χ0) is 13.6. The molecule has 1 aromatic carbocycles. The zero-order valence-electron chi connectivity index (χ0n) is 11.7. The fourth-order valence-electron chi connectivity index (χ4n) is 2.64. The van der Waals surface area contributed by atoms with Crippen molar-refractivity contribution in [2.75, 3.05) is 0 Å². The minimum absolute atomic E-state index is 0.463. The van der Waals surface area contributed by atoms with E-state index in [1.165, 1.54) is 23.8 Å². The lowest BCUT2D eigenvalue weighted by Gasteiger charge is -2.07. The first kappa shape index (κ1) is 13.0. The van der Waals surface area contributed by atoms with Crippen LogP contribution >= 0.6 is 11.6 Å². The number of rotatable bonds is 4. The van der Waals surface area contributed by atoms with Gasteiger partial charge in [0.15, 0.2) is 0 Å². The molecule has 0 bridgehead atoms. The molecule has 3 heteroatoms. The third-order valence-electron chi connectivity index (χ3n) is 3.71. The van der Waals surface area contributed by atoms with Gasteiger partial charge in [-0.25, -0.2) is 0 Å². The van der Waals surface area contributed by atoms with Crippen LogP contribution in [0.3, 0.4) is 0 Å². The highest BCUT2D eigenvalue weighted by molar-refractivity contribution is 6.31. The quantitative estimate of drug-likeness (QED) is 0.871. The van der Waals surface area contributed by atoms with Crippen LogP contribution in [0.2, 0.25) is 5.02 Å². The van der Waals surface area contributed by atoms with Crippen LogP contribution in [0.5, 0.6) is 0 Å². The maximum absolute atomic E-state index is 6.20. The van der Waals surface area contributed by atoms with Crippen molar-refractivity contribution in [3.05, 3.63) is 34.0 Å². The molecular weight excluding hydrogens is 258 g/mol. The van der Waals surface area contributed by atoms with Crippen LogP contribution in [-0.2, 0) is 6.54 Å². The van der Waals surface area contributed by atoms with Gasteiger partial charge in [-0.15, -0.1) is 0 Å². The van der Waals surface area contributed by atoms with Crippen molar-refractivity contribution in [2.45, 2.75) is 52.1 Å². The molecule has 102 valence electrons. The van der Waals surface area contributed by atoms with Crippen molar-refractivity contribution in [2.24, 2.45) is 0 Å². The molecule has 0 aliphatic heterocycles. The smallest absolute Gasteiger partial charge is 0.137 e. The van der Waals surface area contributed by atoms with Crippen LogP contribution in [0, 0.1) is 6.92 Å². The van der Waals surface area contributed by atoms with Crippen molar-refractivity contribution in [1.29, 1.82) is 0 Å². The van der Waals surface area contributed by atoms with E-state index in [4.69, 9.17) is 16.0 Å². The Labute approximate surface area is 119 Å². The highest BCUT2D eigenvalue weighted by Gasteiger charge is 2.31. The number of benzene rings is 1. The molecule has 0 atom stereocenters. The van der Waals surface area contributed by atoms with Gasteiger partial charge in [0.25, 0.3) is 0 Å². The lowest BCUT2D eigenvalue weighted by molar-refractivity contribution is 0.482. The number of halogens is 1. The Balaban J connectivity index is 2.10. The average molecular weight is 278 g/mol. The normalized spacial score (nSPS) is 15.6. The topological polar surface area (TPSA) is 25.2 Å². The van der Waals surface area contributed by atoms with E-state index in [0.717, 1.165) is 28.5 Å². The molecule has 1 heterocycles. The summed E-state index contributed by atoms with van der Waals surface area (Å²) in [6.45, 7) is 7.17. The SMILES string of the molecule is Cc1cc(Cl)cc2c(C3CC3)c(CNC(C)C)oc12. The van der Waals surface area contributed by atoms with Crippen molar-refractivity contribution in [3.63, 3.8) is 0 Å². The standard InChI is InChI=1S/C16H20ClNO/c1-9(2)18-8-14-15(11-4-5-11)13-7-12(17)6-10(3)16(13)19-14/h6-7,9,11,18H,4-5,8H2,1-3H3. The summed E-state index contributed by atoms with van der Waals surface area (Å²) in [6.07, 6.45) is 2.55. The highest BCUT2D eigenvalue weighted by Crippen LogP contribution is 2.47. The van der Waals surface area contributed by atoms with Gasteiger partial charge in [-0.2, -0.15) is 0 Å². The Hall–Kier alpha value is -0.990. The summed E-state index contributed by atoms with van der Waals surface area (Å²) in [4.78, 5) is 0. The van der Waals surface area contributed by atoms with Gasteiger partial charge in [0.05, 0.1) is 6.54 Å². The van der Waals surface area contributed by atoms with Gasteiger partial charge in [-0.05, 0) is 43.4 Å². The number of aryl methyl sites for hydroxylation is 1. The Morgan fingerprint density at radius 2 is 2.11 bits per heavy atom. The third-order valence-corrected chi connectivity index (χ3v) is 3.93. The lowest BCUT2D eigenvalue weighted by atomic mass is 10.0. The van der Waals surface area contributed by atoms with E-state index in [9.17, 15) is 0 Å². The van der Waals surface area contributed by atoms with Gasteiger partial charge in [0.2, 0.25) is 0 Å². The second kappa shape index (κ2) is 4.84. The lowest BCUT2D eigenvalue weighted by Crippen LogP contribution is -2.22. The Bertz CT molecular complexity index is 611. The van der Waals surface area contributed by atoms with Crippen molar-refractivity contribution >= 4 is 22.6 Å². The first-order chi connectivity index (χ1) is 9.06. The number of nitrogens with one attached hydrogen (secondary N) is 1. The maximum atomic E-state index is 6.20. The minimum Gasteiger partial charge on any atom is -0.459 e. The molecule has 1 aliphatic carbocycles. The van der Waals surface area contributed by atoms with Gasteiger partial charge in [0, 0.05) is 22.0 Å². The summed E-state index contributed by atoms with van der Waals surface area (Å²) in [7, 11) is 0. The van der Waals surface area contributed by atoms with Crippen molar-refractivity contribution in [1.82, 2.24) is 5.32 Å². The van der Waals surface area contributed by atoms with Crippen LogP contribution in [0.4, 0.5) is 0 Å². The van der Waals surface area contributed by atoms with Gasteiger partial charge in [-0.3, -0.25) is 0 Å². The molecule has 0 radical (unpaired) electrons. The predicted molar refractivity (Wildman–Crippen MR) is 79.9 cm³/mol. The zero-order valence-corrected chi connectivity index (χ0v) is 12.5. The summed E-state index contributed by atoms with van der Waals surface area (Å²) in [5, 5.41) is 5.47. The monoisotopic (exact) mass is 277 g/mol. The number of fused-ring (bicyclic) bond motifs is 1. The molecular formula is C16H20ClNO. The molecule has 2 nitrogen and oxygen atoms in total. The molecule has 0 unspecified atom stereocenters. The van der Waals surface area contributed by atoms with E-state index in [-0.39, 0.29) is 0 Å². The van der Waals surface area contributed by atoms with Gasteiger partial charge in [0.1, 0.15) is 11.3 Å². The van der Waals surface area contributed by atoms with E-state index in [1.54, 1.807) is 0 Å². The minimum atomic E-state index is 0.463. The molecule has 3 rings (SSSR count). The van der Waals surface area contributed by atoms with E-state index >= 15 is 0 Å². The summed E-state index contributed by atoms with van der Waals surface area (Å²) in [6, 6.07) is 4.49. The number of hydrogen-bond acceptors (Lipinski definition) is 2. The number of furan rings is 1. The second-order valence-electron chi connectivity index (χ2n) is 5.85. The van der Waals surface area contributed by atoms with Crippen molar-refractivity contribution in [3.8, 4) is 0 Å². The summed E-state index contributed by atoms with van der Waals surface area (Å²) in [5.41, 5.74) is 3.51. The van der Waals surface area contributed by atoms with Crippen molar-refractivity contribution < 1.29 is 4.42 Å². The van der Waals surface area contributed by atoms with Crippen LogP contribution in [0.25, 0.3) is 11.0 Å². The molecule has 1 N–H and O–H groups in total. The first-order valence-electron chi connectivity index (χ1n) is 7.01. The Morgan fingerprint density at radius 3 is 2.74 bits per heavy atom. The van der Waals surface area contributed by atoms with E-state index in [2.05, 4.69) is 32.2 Å². The molecule has 19 heavy (non-hydrogen) atoms. The Morgan fingerprint density at radius 1 is 1.37 bits per heavy atom. The van der Waals surface area contributed by atoms with Gasteiger partial charge in [-0.1, -0.05) is 25.4 Å². The van der Waals surface area contributed by atoms with Crippen LogP contribution in [0.15, 0.2) is 16.5 Å². The Kier molecular flexibility index (Phi) is 3.32. The van der Waals surface area contributed by atoms with Gasteiger partial charge >= 0.3 is 0 Å². The summed E-state index contributed by atoms with van der Waals surface area (Å²) in [5.74, 6) is 1.76. The molecule has 0 saturated heterocycles. The second-order valence-corrected chi connectivity index (χ2v) is 6.28. The summed E-state index contributed by atoms with van der Waals surface area (Å²) < 4.78 is 6.12. The maximum Gasteiger partial charge on any atom is 0.137 e. The van der Waals surface area contributed by atoms with E-state index in [1.807, 2.05) is 6.07 Å². The molecule has 1 aliphatic rings. The molecule has 0 spiro atoms. The molecule has 0 amide bonds. The average Bonchev–Trinajstić information content (AvgIpc) is 3.08. The van der Waals surface area contributed by atoms with Crippen LogP contribution in [0.1, 0.15) is 49.5 Å². The van der Waals surface area contributed by atoms with Crippen LogP contribution < -0.4 is 5.32 Å². The first-order valence-corrected chi connectivity index (χ1v) is 7.39. The third kappa shape index (κ3) is 2.52. The highest BCUT2D eigenvalue weighted by atomic mass is 35.5. The van der Waals surface area contributed by atoms with Crippen LogP contribution in [-0.4, -0.2) is 6.04 Å². The van der Waals surface area contributed by atoms with Gasteiger partial charge < -0.3 is 9.73 Å². The fraction of sp³-hybridized carbons (Fsp3) is 0.500. The summed E-state index contributed by atoms with van der Waals surface area (Å²) >= 11 is 6.20. The fourth-order valence-corrected chi connectivity index (χ4v) is 2.91. The predicted octanol–water partition coefficient (Wildman–Crippen LogP) is 4.77. The molecule has 2 aromatic rings. The number of hydrogen-bond donors (Lipinski definition) is 1.